The zero-order valence-electron chi connectivity index (χ0n) is 20.5. The van der Waals surface area contributed by atoms with Gasteiger partial charge in [-0.2, -0.15) is 0 Å². The van der Waals surface area contributed by atoms with Gasteiger partial charge >= 0.3 is 11.9 Å². The zero-order chi connectivity index (χ0) is 26.1. The molecule has 36 heavy (non-hydrogen) atoms. The molecule has 1 saturated heterocycles. The van der Waals surface area contributed by atoms with Crippen molar-refractivity contribution in [1.29, 1.82) is 0 Å². The SMILES string of the molecule is CCC(=O)N(c1ccccc1)C1(c2nc(C)cs2)CCN(Cc2ccccc2)CC1.O=C(O)C(=O)O. The lowest BCUT2D eigenvalue weighted by atomic mass is 9.84. The number of hydrogen-bond donors (Lipinski definition) is 2. The summed E-state index contributed by atoms with van der Waals surface area (Å²) in [6.45, 7) is 6.80. The van der Waals surface area contributed by atoms with Gasteiger partial charge in [0, 0.05) is 42.8 Å². The second-order valence-corrected chi connectivity index (χ2v) is 9.47. The van der Waals surface area contributed by atoms with E-state index in [2.05, 4.69) is 40.6 Å². The molecular formula is C27H31N3O5S. The van der Waals surface area contributed by atoms with Crippen LogP contribution in [0.5, 0.6) is 0 Å². The summed E-state index contributed by atoms with van der Waals surface area (Å²) in [5, 5.41) is 17.9. The summed E-state index contributed by atoms with van der Waals surface area (Å²) in [6, 6.07) is 20.7. The molecule has 2 N–H and O–H groups in total. The number of carbonyl (C=O) groups excluding carboxylic acids is 1. The number of aliphatic carboxylic acids is 2. The van der Waals surface area contributed by atoms with E-state index in [9.17, 15) is 4.79 Å². The molecule has 0 atom stereocenters. The Bertz CT molecular complexity index is 1150. The second kappa shape index (κ2) is 12.4. The topological polar surface area (TPSA) is 111 Å². The van der Waals surface area contributed by atoms with Gasteiger partial charge in [-0.15, -0.1) is 11.3 Å². The van der Waals surface area contributed by atoms with Gasteiger partial charge in [-0.25, -0.2) is 14.6 Å². The molecule has 0 unspecified atom stereocenters. The number of anilines is 1. The Kier molecular flexibility index (Phi) is 9.32. The lowest BCUT2D eigenvalue weighted by Crippen LogP contribution is -2.55. The van der Waals surface area contributed by atoms with Gasteiger partial charge in [-0.05, 0) is 37.5 Å². The minimum Gasteiger partial charge on any atom is -0.473 e. The fraction of sp³-hybridized carbons (Fsp3) is 0.333. The zero-order valence-corrected chi connectivity index (χ0v) is 21.3. The van der Waals surface area contributed by atoms with Crippen molar-refractivity contribution in [1.82, 2.24) is 9.88 Å². The first-order valence-electron chi connectivity index (χ1n) is 11.8. The molecule has 1 aliphatic rings. The number of likely N-dealkylation sites (tertiary alicyclic amines) is 1. The van der Waals surface area contributed by atoms with Crippen LogP contribution in [0, 0.1) is 6.92 Å². The molecule has 1 aromatic heterocycles. The lowest BCUT2D eigenvalue weighted by Gasteiger charge is -2.47. The minimum absolute atomic E-state index is 0.158. The highest BCUT2D eigenvalue weighted by Gasteiger charge is 2.46. The number of para-hydroxylation sites is 1. The van der Waals surface area contributed by atoms with E-state index in [1.807, 2.05) is 49.1 Å². The fourth-order valence-electron chi connectivity index (χ4n) is 4.39. The van der Waals surface area contributed by atoms with Crippen molar-refractivity contribution in [2.45, 2.75) is 45.2 Å². The molecule has 1 aliphatic heterocycles. The molecule has 0 aliphatic carbocycles. The Morgan fingerprint density at radius 2 is 1.53 bits per heavy atom. The van der Waals surface area contributed by atoms with Crippen molar-refractivity contribution < 1.29 is 24.6 Å². The van der Waals surface area contributed by atoms with Gasteiger partial charge in [0.2, 0.25) is 5.91 Å². The normalized spacial score (nSPS) is 14.8. The summed E-state index contributed by atoms with van der Waals surface area (Å²) in [7, 11) is 0. The van der Waals surface area contributed by atoms with Crippen LogP contribution in [0.1, 0.15) is 42.5 Å². The van der Waals surface area contributed by atoms with Crippen LogP contribution in [0.15, 0.2) is 66.0 Å². The van der Waals surface area contributed by atoms with Crippen molar-refractivity contribution in [3.63, 3.8) is 0 Å². The Morgan fingerprint density at radius 1 is 0.972 bits per heavy atom. The molecule has 190 valence electrons. The van der Waals surface area contributed by atoms with Crippen LogP contribution in [0.4, 0.5) is 5.69 Å². The Hall–Kier alpha value is -3.56. The molecule has 3 aromatic rings. The van der Waals surface area contributed by atoms with E-state index in [1.54, 1.807) is 11.3 Å². The maximum atomic E-state index is 13.3. The van der Waals surface area contributed by atoms with Gasteiger partial charge in [0.15, 0.2) is 0 Å². The van der Waals surface area contributed by atoms with Crippen LogP contribution in [0.2, 0.25) is 0 Å². The number of aryl methyl sites for hydroxylation is 1. The third-order valence-electron chi connectivity index (χ3n) is 6.13. The number of piperidine rings is 1. The van der Waals surface area contributed by atoms with Crippen LogP contribution in [-0.4, -0.2) is 51.0 Å². The smallest absolute Gasteiger partial charge is 0.414 e. The number of carboxylic acid groups (broad SMARTS) is 2. The van der Waals surface area contributed by atoms with Crippen molar-refractivity contribution in [3.05, 3.63) is 82.3 Å². The maximum Gasteiger partial charge on any atom is 0.414 e. The van der Waals surface area contributed by atoms with Crippen molar-refractivity contribution in [2.24, 2.45) is 0 Å². The number of benzene rings is 2. The van der Waals surface area contributed by atoms with E-state index in [4.69, 9.17) is 24.8 Å². The second-order valence-electron chi connectivity index (χ2n) is 8.62. The van der Waals surface area contributed by atoms with Gasteiger partial charge in [0.25, 0.3) is 0 Å². The highest BCUT2D eigenvalue weighted by Crippen LogP contribution is 2.43. The van der Waals surface area contributed by atoms with Crippen LogP contribution in [0.25, 0.3) is 0 Å². The summed E-state index contributed by atoms with van der Waals surface area (Å²) in [6.07, 6.45) is 2.25. The molecule has 0 radical (unpaired) electrons. The molecule has 2 aromatic carbocycles. The largest absolute Gasteiger partial charge is 0.473 e. The van der Waals surface area contributed by atoms with E-state index in [1.165, 1.54) is 5.56 Å². The summed E-state index contributed by atoms with van der Waals surface area (Å²) in [5.41, 5.74) is 2.94. The van der Waals surface area contributed by atoms with Gasteiger partial charge < -0.3 is 10.2 Å². The van der Waals surface area contributed by atoms with Crippen LogP contribution < -0.4 is 4.90 Å². The Balaban J connectivity index is 0.000000538. The number of carboxylic acids is 2. The van der Waals surface area contributed by atoms with Gasteiger partial charge in [0.1, 0.15) is 10.5 Å². The molecule has 0 saturated carbocycles. The summed E-state index contributed by atoms with van der Waals surface area (Å²) < 4.78 is 0. The number of aromatic nitrogens is 1. The molecular weight excluding hydrogens is 478 g/mol. The maximum absolute atomic E-state index is 13.3. The highest BCUT2D eigenvalue weighted by atomic mass is 32.1. The van der Waals surface area contributed by atoms with Gasteiger partial charge in [-0.3, -0.25) is 14.6 Å². The van der Waals surface area contributed by atoms with Crippen molar-refractivity contribution in [3.8, 4) is 0 Å². The third-order valence-corrected chi connectivity index (χ3v) is 7.28. The minimum atomic E-state index is -1.82. The number of carbonyl (C=O) groups is 3. The summed E-state index contributed by atoms with van der Waals surface area (Å²) in [4.78, 5) is 40.9. The quantitative estimate of drug-likeness (QED) is 0.469. The molecule has 2 heterocycles. The van der Waals surface area contributed by atoms with E-state index in [0.29, 0.717) is 6.42 Å². The Morgan fingerprint density at radius 3 is 2.00 bits per heavy atom. The first-order chi connectivity index (χ1) is 17.3. The average molecular weight is 510 g/mol. The average Bonchev–Trinajstić information content (AvgIpc) is 3.33. The number of hydrogen-bond acceptors (Lipinski definition) is 6. The predicted molar refractivity (Wildman–Crippen MR) is 139 cm³/mol. The van der Waals surface area contributed by atoms with E-state index >= 15 is 0 Å². The van der Waals surface area contributed by atoms with E-state index < -0.39 is 11.9 Å². The monoisotopic (exact) mass is 509 g/mol. The van der Waals surface area contributed by atoms with Gasteiger partial charge in [-0.1, -0.05) is 55.5 Å². The molecule has 1 fully saturated rings. The van der Waals surface area contributed by atoms with Crippen molar-refractivity contribution >= 4 is 34.9 Å². The number of nitrogens with zero attached hydrogens (tertiary/aromatic N) is 3. The lowest BCUT2D eigenvalue weighted by molar-refractivity contribution is -0.159. The van der Waals surface area contributed by atoms with Gasteiger partial charge in [0.05, 0.1) is 0 Å². The predicted octanol–water partition coefficient (Wildman–Crippen LogP) is 4.54. The molecule has 0 bridgehead atoms. The molecule has 8 nitrogen and oxygen atoms in total. The van der Waals surface area contributed by atoms with Crippen LogP contribution in [-0.2, 0) is 26.5 Å². The highest BCUT2D eigenvalue weighted by molar-refractivity contribution is 7.09. The van der Waals surface area contributed by atoms with Crippen LogP contribution in [0.3, 0.4) is 0 Å². The molecule has 0 spiro atoms. The Labute approximate surface area is 214 Å². The number of rotatable bonds is 6. The number of thiazole rings is 1. The first-order valence-corrected chi connectivity index (χ1v) is 12.7. The third kappa shape index (κ3) is 6.56. The van der Waals surface area contributed by atoms with Crippen molar-refractivity contribution in [2.75, 3.05) is 18.0 Å². The molecule has 4 rings (SSSR count). The van der Waals surface area contributed by atoms with E-state index in [-0.39, 0.29) is 11.4 Å². The number of amides is 1. The first kappa shape index (κ1) is 27.0. The van der Waals surface area contributed by atoms with E-state index in [0.717, 1.165) is 48.9 Å². The molecule has 1 amide bonds. The summed E-state index contributed by atoms with van der Waals surface area (Å²) in [5.74, 6) is -3.49. The molecule has 9 heteroatoms. The summed E-state index contributed by atoms with van der Waals surface area (Å²) >= 11 is 1.69. The van der Waals surface area contributed by atoms with Crippen LogP contribution >= 0.6 is 11.3 Å². The standard InChI is InChI=1S/C25H29N3OS.C2H2O4/c1-3-23(29)28(22-12-8-5-9-13-22)25(24-26-20(2)19-30-24)14-16-27(17-15-25)18-21-10-6-4-7-11-21;3-1(4)2(5)6/h4-13,19H,3,14-18H2,1-2H3;(H,3,4)(H,5,6). The fourth-order valence-corrected chi connectivity index (χ4v) is 5.43.